The monoisotopic (exact) mass is 309 g/mol. The summed E-state index contributed by atoms with van der Waals surface area (Å²) in [6, 6.07) is 14.5. The van der Waals surface area contributed by atoms with Crippen molar-refractivity contribution in [1.82, 2.24) is 0 Å². The number of phenolic OH excluding ortho intramolecular Hbond substituents is 1. The van der Waals surface area contributed by atoms with Crippen LogP contribution in [0, 0.1) is 0 Å². The predicted octanol–water partition coefficient (Wildman–Crippen LogP) is 4.90. The zero-order valence-corrected chi connectivity index (χ0v) is 13.2. The fourth-order valence-electron chi connectivity index (χ4n) is 2.47. The van der Waals surface area contributed by atoms with E-state index in [0.29, 0.717) is 17.2 Å². The summed E-state index contributed by atoms with van der Waals surface area (Å²) in [7, 11) is 0. The molecule has 2 aromatic carbocycles. The van der Waals surface area contributed by atoms with Gasteiger partial charge < -0.3 is 14.8 Å². The Morgan fingerprint density at radius 3 is 2.70 bits per heavy atom. The van der Waals surface area contributed by atoms with E-state index in [2.05, 4.69) is 19.2 Å². The number of carbonyl (C=O) groups excluding carboxylic acids is 1. The first kappa shape index (κ1) is 15.2. The molecule has 0 aliphatic heterocycles. The van der Waals surface area contributed by atoms with Crippen LogP contribution in [-0.4, -0.2) is 11.0 Å². The molecule has 0 radical (unpaired) electrons. The lowest BCUT2D eigenvalue weighted by atomic mass is 9.98. The van der Waals surface area contributed by atoms with Gasteiger partial charge in [-0.3, -0.25) is 4.79 Å². The first-order chi connectivity index (χ1) is 11.1. The lowest BCUT2D eigenvalue weighted by Crippen LogP contribution is -2.11. The number of nitrogens with one attached hydrogen (secondary N) is 1. The van der Waals surface area contributed by atoms with Crippen molar-refractivity contribution in [1.29, 1.82) is 0 Å². The molecule has 1 amide bonds. The van der Waals surface area contributed by atoms with E-state index in [9.17, 15) is 9.90 Å². The van der Waals surface area contributed by atoms with Crippen molar-refractivity contribution in [2.24, 2.45) is 0 Å². The molecule has 0 bridgehead atoms. The van der Waals surface area contributed by atoms with Gasteiger partial charge in [-0.15, -0.1) is 0 Å². The van der Waals surface area contributed by atoms with Crippen LogP contribution in [0.15, 0.2) is 52.9 Å². The first-order valence-electron chi connectivity index (χ1n) is 7.71. The van der Waals surface area contributed by atoms with Crippen LogP contribution in [-0.2, 0) is 0 Å². The Morgan fingerprint density at radius 1 is 1.22 bits per heavy atom. The summed E-state index contributed by atoms with van der Waals surface area (Å²) in [5, 5.41) is 13.7. The zero-order chi connectivity index (χ0) is 16.4. The van der Waals surface area contributed by atoms with Gasteiger partial charge in [0.1, 0.15) is 11.3 Å². The molecule has 1 aromatic heterocycles. The predicted molar refractivity (Wildman–Crippen MR) is 91.0 cm³/mol. The number of furan rings is 1. The van der Waals surface area contributed by atoms with Crippen LogP contribution in [0.3, 0.4) is 0 Å². The molecule has 0 spiro atoms. The molecule has 4 nitrogen and oxygen atoms in total. The van der Waals surface area contributed by atoms with E-state index in [1.165, 1.54) is 0 Å². The van der Waals surface area contributed by atoms with Crippen molar-refractivity contribution >= 4 is 22.6 Å². The molecule has 0 aliphatic carbocycles. The second-order valence-corrected chi connectivity index (χ2v) is 5.69. The topological polar surface area (TPSA) is 62.5 Å². The van der Waals surface area contributed by atoms with Gasteiger partial charge in [0.15, 0.2) is 5.76 Å². The van der Waals surface area contributed by atoms with Crippen LogP contribution in [0.1, 0.15) is 42.3 Å². The molecule has 3 rings (SSSR count). The van der Waals surface area contributed by atoms with Crippen LogP contribution >= 0.6 is 0 Å². The Morgan fingerprint density at radius 2 is 2.00 bits per heavy atom. The van der Waals surface area contributed by atoms with E-state index < -0.39 is 0 Å². The highest BCUT2D eigenvalue weighted by Gasteiger charge is 2.15. The number of hydrogen-bond donors (Lipinski definition) is 2. The highest BCUT2D eigenvalue weighted by Crippen LogP contribution is 2.30. The minimum absolute atomic E-state index is 0.0623. The summed E-state index contributed by atoms with van der Waals surface area (Å²) < 4.78 is 5.53. The molecular weight excluding hydrogens is 290 g/mol. The normalized spacial score (nSPS) is 12.3. The number of para-hydroxylation sites is 1. The summed E-state index contributed by atoms with van der Waals surface area (Å²) in [5.74, 6) is 0.262. The molecule has 1 heterocycles. The summed E-state index contributed by atoms with van der Waals surface area (Å²) >= 11 is 0. The van der Waals surface area contributed by atoms with Crippen molar-refractivity contribution in [3.8, 4) is 5.75 Å². The minimum Gasteiger partial charge on any atom is -0.506 e. The number of rotatable bonds is 4. The smallest absolute Gasteiger partial charge is 0.291 e. The highest BCUT2D eigenvalue weighted by atomic mass is 16.3. The van der Waals surface area contributed by atoms with E-state index in [1.807, 2.05) is 30.3 Å². The van der Waals surface area contributed by atoms with Crippen LogP contribution < -0.4 is 5.32 Å². The quantitative estimate of drug-likeness (QED) is 0.673. The number of anilines is 1. The summed E-state index contributed by atoms with van der Waals surface area (Å²) in [4.78, 5) is 12.3. The van der Waals surface area contributed by atoms with Gasteiger partial charge in [-0.25, -0.2) is 0 Å². The van der Waals surface area contributed by atoms with E-state index in [0.717, 1.165) is 17.4 Å². The summed E-state index contributed by atoms with van der Waals surface area (Å²) in [6.07, 6.45) is 0.990. The van der Waals surface area contributed by atoms with Gasteiger partial charge in [-0.05, 0) is 42.2 Å². The largest absolute Gasteiger partial charge is 0.506 e. The third-order valence-electron chi connectivity index (χ3n) is 4.10. The number of carbonyl (C=O) groups is 1. The molecule has 0 fully saturated rings. The van der Waals surface area contributed by atoms with Crippen LogP contribution in [0.4, 0.5) is 5.69 Å². The van der Waals surface area contributed by atoms with Crippen molar-refractivity contribution in [3.63, 3.8) is 0 Å². The minimum atomic E-state index is -0.382. The number of aromatic hydroxyl groups is 1. The van der Waals surface area contributed by atoms with Crippen LogP contribution in [0.5, 0.6) is 5.75 Å². The SMILES string of the molecule is CC[C@@H](C)c1ccc(NC(=O)c2cc3ccccc3o2)c(O)c1. The highest BCUT2D eigenvalue weighted by molar-refractivity contribution is 6.05. The maximum Gasteiger partial charge on any atom is 0.291 e. The molecule has 0 aliphatic rings. The Kier molecular flexibility index (Phi) is 4.06. The summed E-state index contributed by atoms with van der Waals surface area (Å²) in [5.41, 5.74) is 2.09. The zero-order valence-electron chi connectivity index (χ0n) is 13.2. The van der Waals surface area contributed by atoms with E-state index in [1.54, 1.807) is 18.2 Å². The average Bonchev–Trinajstić information content (AvgIpc) is 3.00. The second-order valence-electron chi connectivity index (χ2n) is 5.69. The van der Waals surface area contributed by atoms with Crippen molar-refractivity contribution in [2.45, 2.75) is 26.2 Å². The van der Waals surface area contributed by atoms with Gasteiger partial charge in [-0.2, -0.15) is 0 Å². The number of phenols is 1. The van der Waals surface area contributed by atoms with Gasteiger partial charge in [-0.1, -0.05) is 38.1 Å². The summed E-state index contributed by atoms with van der Waals surface area (Å²) in [6.45, 7) is 4.19. The molecule has 0 unspecified atom stereocenters. The van der Waals surface area contributed by atoms with Gasteiger partial charge >= 0.3 is 0 Å². The van der Waals surface area contributed by atoms with Crippen molar-refractivity contribution in [2.75, 3.05) is 5.32 Å². The van der Waals surface area contributed by atoms with E-state index >= 15 is 0 Å². The van der Waals surface area contributed by atoms with Crippen molar-refractivity contribution < 1.29 is 14.3 Å². The van der Waals surface area contributed by atoms with Gasteiger partial charge in [0, 0.05) is 5.39 Å². The van der Waals surface area contributed by atoms with E-state index in [-0.39, 0.29) is 17.4 Å². The van der Waals surface area contributed by atoms with E-state index in [4.69, 9.17) is 4.42 Å². The first-order valence-corrected chi connectivity index (χ1v) is 7.71. The molecule has 118 valence electrons. The number of fused-ring (bicyclic) bond motifs is 1. The molecule has 2 N–H and O–H groups in total. The maximum atomic E-state index is 12.3. The standard InChI is InChI=1S/C19H19NO3/c1-3-12(2)13-8-9-15(16(21)10-13)20-19(22)18-11-14-6-4-5-7-17(14)23-18/h4-12,21H,3H2,1-2H3,(H,20,22)/t12-/m1/s1. The Balaban J connectivity index is 1.82. The molecule has 1 atom stereocenters. The molecule has 0 saturated carbocycles. The Bertz CT molecular complexity index is 818. The van der Waals surface area contributed by atoms with Gasteiger partial charge in [0.25, 0.3) is 5.91 Å². The molecule has 4 heteroatoms. The molecular formula is C19H19NO3. The third-order valence-corrected chi connectivity index (χ3v) is 4.10. The Labute approximate surface area is 134 Å². The average molecular weight is 309 g/mol. The molecule has 3 aromatic rings. The second kappa shape index (κ2) is 6.16. The number of hydrogen-bond acceptors (Lipinski definition) is 3. The number of benzene rings is 2. The lowest BCUT2D eigenvalue weighted by Gasteiger charge is -2.12. The Hall–Kier alpha value is -2.75. The van der Waals surface area contributed by atoms with Gasteiger partial charge in [0.2, 0.25) is 0 Å². The third kappa shape index (κ3) is 3.06. The lowest BCUT2D eigenvalue weighted by molar-refractivity contribution is 0.0998. The molecule has 23 heavy (non-hydrogen) atoms. The van der Waals surface area contributed by atoms with Gasteiger partial charge in [0.05, 0.1) is 5.69 Å². The molecule has 0 saturated heterocycles. The van der Waals surface area contributed by atoms with Crippen LogP contribution in [0.25, 0.3) is 11.0 Å². The number of amides is 1. The fourth-order valence-corrected chi connectivity index (χ4v) is 2.47. The maximum absolute atomic E-state index is 12.3. The van der Waals surface area contributed by atoms with Crippen LogP contribution in [0.2, 0.25) is 0 Å². The fraction of sp³-hybridized carbons (Fsp3) is 0.211. The van der Waals surface area contributed by atoms with Crippen molar-refractivity contribution in [3.05, 3.63) is 59.9 Å².